The number of rotatable bonds is 9. The smallest absolute Gasteiger partial charge is 0.0716 e. The number of benzene rings is 1. The van der Waals surface area contributed by atoms with E-state index in [0.29, 0.717) is 0 Å². The molecule has 0 atom stereocenters. The number of nitrogens with zero attached hydrogens (tertiary/aromatic N) is 1. The van der Waals surface area contributed by atoms with E-state index in [4.69, 9.17) is 4.74 Å². The summed E-state index contributed by atoms with van der Waals surface area (Å²) in [6, 6.07) is 14.5. The van der Waals surface area contributed by atoms with Crippen molar-refractivity contribution >= 4 is 0 Å². The van der Waals surface area contributed by atoms with Crippen LogP contribution in [-0.2, 0) is 17.8 Å². The van der Waals surface area contributed by atoms with E-state index >= 15 is 0 Å². The van der Waals surface area contributed by atoms with Crippen LogP contribution >= 0.6 is 0 Å². The molecule has 0 radical (unpaired) electrons. The number of hydrogen-bond donors (Lipinski definition) is 0. The van der Waals surface area contributed by atoms with Gasteiger partial charge in [-0.2, -0.15) is 0 Å². The van der Waals surface area contributed by atoms with Gasteiger partial charge in [0.1, 0.15) is 0 Å². The molecule has 2 rings (SSSR count). The fourth-order valence-corrected chi connectivity index (χ4v) is 2.20. The van der Waals surface area contributed by atoms with Gasteiger partial charge >= 0.3 is 0 Å². The van der Waals surface area contributed by atoms with E-state index in [1.807, 2.05) is 24.5 Å². The predicted octanol–water partition coefficient (Wildman–Crippen LogP) is 4.40. The Hall–Kier alpha value is -1.67. The highest BCUT2D eigenvalue weighted by Crippen LogP contribution is 2.07. The van der Waals surface area contributed by atoms with E-state index in [0.717, 1.165) is 26.1 Å². The predicted molar refractivity (Wildman–Crippen MR) is 82.5 cm³/mol. The van der Waals surface area contributed by atoms with Crippen LogP contribution < -0.4 is 0 Å². The number of pyridine rings is 1. The summed E-state index contributed by atoms with van der Waals surface area (Å²) in [6.45, 7) is 1.60. The molecule has 0 N–H and O–H groups in total. The van der Waals surface area contributed by atoms with Gasteiger partial charge in [0.2, 0.25) is 0 Å². The molecule has 0 saturated heterocycles. The molecule has 0 amide bonds. The lowest BCUT2D eigenvalue weighted by Gasteiger charge is -2.04. The highest BCUT2D eigenvalue weighted by atomic mass is 16.5. The maximum absolute atomic E-state index is 5.67. The van der Waals surface area contributed by atoms with Crippen LogP contribution in [0, 0.1) is 0 Å². The fourth-order valence-electron chi connectivity index (χ4n) is 2.20. The number of unbranched alkanes of at least 4 members (excludes halogenated alkanes) is 3. The van der Waals surface area contributed by atoms with Crippen LogP contribution in [0.15, 0.2) is 54.9 Å². The zero-order chi connectivity index (χ0) is 13.9. The Morgan fingerprint density at radius 1 is 0.800 bits per heavy atom. The number of aromatic nitrogens is 1. The Morgan fingerprint density at radius 2 is 1.60 bits per heavy atom. The molecule has 1 aromatic carbocycles. The molecule has 0 aliphatic rings. The number of hydrogen-bond acceptors (Lipinski definition) is 2. The van der Waals surface area contributed by atoms with Crippen molar-refractivity contribution in [2.45, 2.75) is 38.7 Å². The highest BCUT2D eigenvalue weighted by Gasteiger charge is 1.95. The van der Waals surface area contributed by atoms with Crippen molar-refractivity contribution < 1.29 is 4.74 Å². The summed E-state index contributed by atoms with van der Waals surface area (Å²) >= 11 is 0. The second-order valence-electron chi connectivity index (χ2n) is 5.06. The van der Waals surface area contributed by atoms with E-state index in [1.165, 1.54) is 30.4 Å². The third kappa shape index (κ3) is 5.98. The van der Waals surface area contributed by atoms with Gasteiger partial charge in [-0.15, -0.1) is 0 Å². The van der Waals surface area contributed by atoms with Gasteiger partial charge in [0.15, 0.2) is 0 Å². The van der Waals surface area contributed by atoms with E-state index < -0.39 is 0 Å². The van der Waals surface area contributed by atoms with E-state index in [2.05, 4.69) is 35.3 Å². The first-order chi connectivity index (χ1) is 9.95. The normalized spacial score (nSPS) is 10.6. The molecule has 106 valence electrons. The van der Waals surface area contributed by atoms with Crippen LogP contribution in [0.4, 0.5) is 0 Å². The van der Waals surface area contributed by atoms with Crippen molar-refractivity contribution in [3.05, 3.63) is 66.0 Å². The molecule has 0 bridgehead atoms. The van der Waals surface area contributed by atoms with Crippen molar-refractivity contribution in [2.75, 3.05) is 6.61 Å². The lowest BCUT2D eigenvalue weighted by molar-refractivity contribution is 0.116. The van der Waals surface area contributed by atoms with Crippen LogP contribution in [0.1, 0.15) is 36.8 Å². The number of ether oxygens (including phenoxy) is 1. The van der Waals surface area contributed by atoms with Gasteiger partial charge in [-0.05, 0) is 36.5 Å². The molecule has 0 saturated carbocycles. The summed E-state index contributed by atoms with van der Waals surface area (Å²) in [5.41, 5.74) is 2.59. The largest absolute Gasteiger partial charge is 0.377 e. The minimum atomic E-state index is 0.733. The summed E-state index contributed by atoms with van der Waals surface area (Å²) < 4.78 is 5.67. The van der Waals surface area contributed by atoms with Crippen LogP contribution in [0.3, 0.4) is 0 Å². The highest BCUT2D eigenvalue weighted by molar-refractivity contribution is 5.13. The van der Waals surface area contributed by atoms with E-state index in [9.17, 15) is 0 Å². The summed E-state index contributed by atoms with van der Waals surface area (Å²) in [6.07, 6.45) is 9.83. The van der Waals surface area contributed by atoms with Gasteiger partial charge in [0.25, 0.3) is 0 Å². The van der Waals surface area contributed by atoms with Crippen LogP contribution in [-0.4, -0.2) is 11.6 Å². The Bertz CT molecular complexity index is 410. The van der Waals surface area contributed by atoms with Crippen LogP contribution in [0.5, 0.6) is 0 Å². The first-order valence-electron chi connectivity index (χ1n) is 7.46. The minimum absolute atomic E-state index is 0.733. The lowest BCUT2D eigenvalue weighted by atomic mass is 10.1. The molecule has 2 aromatic rings. The van der Waals surface area contributed by atoms with Crippen molar-refractivity contribution in [3.8, 4) is 0 Å². The quantitative estimate of drug-likeness (QED) is 0.629. The standard InChI is InChI=1S/C18H23NO/c1(4-9-17-12-8-13-19-15-17)2-7-14-20-16-18-10-5-3-6-11-18/h3,5-6,8,10-13,15H,1-2,4,7,9,14,16H2. The van der Waals surface area contributed by atoms with Gasteiger partial charge < -0.3 is 4.74 Å². The monoisotopic (exact) mass is 269 g/mol. The molecule has 0 spiro atoms. The Morgan fingerprint density at radius 3 is 2.40 bits per heavy atom. The van der Waals surface area contributed by atoms with Gasteiger partial charge in [0.05, 0.1) is 6.61 Å². The molecule has 20 heavy (non-hydrogen) atoms. The summed E-state index contributed by atoms with van der Waals surface area (Å²) in [5.74, 6) is 0. The second-order valence-corrected chi connectivity index (χ2v) is 5.06. The molecule has 0 aliphatic carbocycles. The maximum Gasteiger partial charge on any atom is 0.0716 e. The van der Waals surface area contributed by atoms with Crippen molar-refractivity contribution in [1.82, 2.24) is 4.98 Å². The average molecular weight is 269 g/mol. The second kappa shape index (κ2) is 9.27. The molecular formula is C18H23NO. The Balaban J connectivity index is 1.44. The van der Waals surface area contributed by atoms with Gasteiger partial charge in [-0.3, -0.25) is 4.98 Å². The lowest BCUT2D eigenvalue weighted by Crippen LogP contribution is -1.95. The topological polar surface area (TPSA) is 22.1 Å². The molecule has 1 aromatic heterocycles. The molecule has 1 heterocycles. The summed E-state index contributed by atoms with van der Waals surface area (Å²) in [7, 11) is 0. The molecule has 2 nitrogen and oxygen atoms in total. The average Bonchev–Trinajstić information content (AvgIpc) is 2.52. The third-order valence-corrected chi connectivity index (χ3v) is 3.34. The first kappa shape index (κ1) is 14.7. The Labute approximate surface area is 121 Å². The SMILES string of the molecule is c1ccc(COCCCCCCc2cccnc2)cc1. The first-order valence-corrected chi connectivity index (χ1v) is 7.46. The van der Waals surface area contributed by atoms with Gasteiger partial charge in [0, 0.05) is 19.0 Å². The van der Waals surface area contributed by atoms with Gasteiger partial charge in [-0.25, -0.2) is 0 Å². The molecule has 0 aliphatic heterocycles. The number of aryl methyl sites for hydroxylation is 1. The van der Waals surface area contributed by atoms with Crippen LogP contribution in [0.2, 0.25) is 0 Å². The molecule has 0 unspecified atom stereocenters. The molecule has 0 fully saturated rings. The van der Waals surface area contributed by atoms with Crippen LogP contribution in [0.25, 0.3) is 0 Å². The summed E-state index contributed by atoms with van der Waals surface area (Å²) in [4.78, 5) is 4.13. The zero-order valence-corrected chi connectivity index (χ0v) is 12.0. The zero-order valence-electron chi connectivity index (χ0n) is 12.0. The van der Waals surface area contributed by atoms with Crippen molar-refractivity contribution in [1.29, 1.82) is 0 Å². The summed E-state index contributed by atoms with van der Waals surface area (Å²) in [5, 5.41) is 0. The van der Waals surface area contributed by atoms with Gasteiger partial charge in [-0.1, -0.05) is 49.2 Å². The fraction of sp³-hybridized carbons (Fsp3) is 0.389. The maximum atomic E-state index is 5.67. The molecular weight excluding hydrogens is 246 g/mol. The van der Waals surface area contributed by atoms with E-state index in [-0.39, 0.29) is 0 Å². The third-order valence-electron chi connectivity index (χ3n) is 3.34. The van der Waals surface area contributed by atoms with Crippen molar-refractivity contribution in [2.24, 2.45) is 0 Å². The molecule has 2 heteroatoms. The van der Waals surface area contributed by atoms with E-state index in [1.54, 1.807) is 0 Å². The Kier molecular flexibility index (Phi) is 6.83. The minimum Gasteiger partial charge on any atom is -0.377 e. The van der Waals surface area contributed by atoms with Crippen molar-refractivity contribution in [3.63, 3.8) is 0 Å².